The molecule has 4 nitrogen and oxygen atoms in total. The van der Waals surface area contributed by atoms with E-state index in [-0.39, 0.29) is 12.4 Å². The predicted molar refractivity (Wildman–Crippen MR) is 65.5 cm³/mol. The second-order valence-corrected chi connectivity index (χ2v) is 4.17. The monoisotopic (exact) mass is 254 g/mol. The molecule has 0 spiro atoms. The first-order chi connectivity index (χ1) is 8.08. The number of carbonyl (C=O) groups excluding carboxylic acids is 1. The summed E-state index contributed by atoms with van der Waals surface area (Å²) in [7, 11) is 0. The van der Waals surface area contributed by atoms with Gasteiger partial charge < -0.3 is 9.84 Å². The van der Waals surface area contributed by atoms with Crippen molar-refractivity contribution < 1.29 is 19.4 Å². The molecular formula is C12H14O4S. The van der Waals surface area contributed by atoms with Crippen LogP contribution >= 0.6 is 11.8 Å². The standard InChI is InChI=1S/C12H14O4S/c1-3-16-12(15)9-5-4-8(7-11(13)14)10(6-9)17-2/h4-6H,3,7H2,1-2H3,(H,13,14). The Morgan fingerprint density at radius 1 is 1.41 bits per heavy atom. The summed E-state index contributed by atoms with van der Waals surface area (Å²) in [4.78, 5) is 22.9. The molecule has 0 unspecified atom stereocenters. The summed E-state index contributed by atoms with van der Waals surface area (Å²) in [5, 5.41) is 8.75. The molecule has 92 valence electrons. The fourth-order valence-corrected chi connectivity index (χ4v) is 2.04. The molecule has 17 heavy (non-hydrogen) atoms. The Labute approximate surface area is 104 Å². The van der Waals surface area contributed by atoms with E-state index in [0.717, 1.165) is 4.90 Å². The fourth-order valence-electron chi connectivity index (χ4n) is 1.39. The predicted octanol–water partition coefficient (Wildman–Crippen LogP) is 2.21. The molecule has 0 atom stereocenters. The lowest BCUT2D eigenvalue weighted by Crippen LogP contribution is -2.07. The average molecular weight is 254 g/mol. The van der Waals surface area contributed by atoms with Gasteiger partial charge in [0.2, 0.25) is 0 Å². The van der Waals surface area contributed by atoms with Crippen molar-refractivity contribution in [2.75, 3.05) is 12.9 Å². The van der Waals surface area contributed by atoms with Gasteiger partial charge in [0, 0.05) is 4.90 Å². The van der Waals surface area contributed by atoms with Crippen molar-refractivity contribution in [3.8, 4) is 0 Å². The van der Waals surface area contributed by atoms with Gasteiger partial charge in [-0.05, 0) is 30.9 Å². The van der Waals surface area contributed by atoms with Crippen molar-refractivity contribution in [1.82, 2.24) is 0 Å². The smallest absolute Gasteiger partial charge is 0.338 e. The Morgan fingerprint density at radius 3 is 2.65 bits per heavy atom. The van der Waals surface area contributed by atoms with Crippen LogP contribution in [0.3, 0.4) is 0 Å². The molecule has 1 N–H and O–H groups in total. The lowest BCUT2D eigenvalue weighted by molar-refractivity contribution is -0.136. The quantitative estimate of drug-likeness (QED) is 0.644. The second kappa shape index (κ2) is 6.30. The Bertz CT molecular complexity index is 429. The number of carboxylic acid groups (broad SMARTS) is 1. The summed E-state index contributed by atoms with van der Waals surface area (Å²) in [6.07, 6.45) is 1.80. The van der Waals surface area contributed by atoms with Gasteiger partial charge in [0.15, 0.2) is 0 Å². The largest absolute Gasteiger partial charge is 0.481 e. The summed E-state index contributed by atoms with van der Waals surface area (Å²) in [6.45, 7) is 2.07. The molecule has 0 bridgehead atoms. The number of rotatable bonds is 5. The molecule has 1 rings (SSSR count). The molecule has 5 heteroatoms. The van der Waals surface area contributed by atoms with E-state index < -0.39 is 5.97 Å². The molecule has 1 aromatic carbocycles. The molecule has 0 saturated carbocycles. The second-order valence-electron chi connectivity index (χ2n) is 3.32. The van der Waals surface area contributed by atoms with Crippen molar-refractivity contribution in [2.45, 2.75) is 18.2 Å². The molecule has 0 radical (unpaired) electrons. The van der Waals surface area contributed by atoms with Gasteiger partial charge in [0.1, 0.15) is 0 Å². The van der Waals surface area contributed by atoms with Gasteiger partial charge in [0.05, 0.1) is 18.6 Å². The van der Waals surface area contributed by atoms with Crippen LogP contribution in [-0.4, -0.2) is 29.9 Å². The maximum absolute atomic E-state index is 11.5. The highest BCUT2D eigenvalue weighted by Crippen LogP contribution is 2.23. The van der Waals surface area contributed by atoms with Gasteiger partial charge in [-0.25, -0.2) is 4.79 Å². The van der Waals surface area contributed by atoms with Crippen molar-refractivity contribution in [1.29, 1.82) is 0 Å². The third kappa shape index (κ3) is 3.78. The lowest BCUT2D eigenvalue weighted by atomic mass is 10.1. The molecule has 0 amide bonds. The minimum atomic E-state index is -0.885. The Hall–Kier alpha value is -1.49. The number of hydrogen-bond acceptors (Lipinski definition) is 4. The average Bonchev–Trinajstić information content (AvgIpc) is 2.29. The van der Waals surface area contributed by atoms with E-state index >= 15 is 0 Å². The summed E-state index contributed by atoms with van der Waals surface area (Å²) >= 11 is 1.42. The molecule has 0 aliphatic carbocycles. The summed E-state index contributed by atoms with van der Waals surface area (Å²) in [5.74, 6) is -1.27. The van der Waals surface area contributed by atoms with Crippen LogP contribution in [0.4, 0.5) is 0 Å². The van der Waals surface area contributed by atoms with Gasteiger partial charge in [-0.1, -0.05) is 6.07 Å². The van der Waals surface area contributed by atoms with E-state index in [1.165, 1.54) is 11.8 Å². The van der Waals surface area contributed by atoms with Crippen molar-refractivity contribution in [2.24, 2.45) is 0 Å². The Morgan fingerprint density at radius 2 is 2.12 bits per heavy atom. The topological polar surface area (TPSA) is 63.6 Å². The molecule has 0 aliphatic rings. The van der Waals surface area contributed by atoms with Gasteiger partial charge in [0.25, 0.3) is 0 Å². The highest BCUT2D eigenvalue weighted by molar-refractivity contribution is 7.98. The van der Waals surface area contributed by atoms with Crippen LogP contribution in [0.15, 0.2) is 23.1 Å². The third-order valence-corrected chi connectivity index (χ3v) is 2.96. The zero-order valence-corrected chi connectivity index (χ0v) is 10.5. The number of carbonyl (C=O) groups is 2. The number of esters is 1. The highest BCUT2D eigenvalue weighted by Gasteiger charge is 2.11. The maximum Gasteiger partial charge on any atom is 0.338 e. The molecule has 0 aliphatic heterocycles. The van der Waals surface area contributed by atoms with Gasteiger partial charge in [-0.2, -0.15) is 0 Å². The summed E-state index contributed by atoms with van der Waals surface area (Å²) < 4.78 is 4.88. The van der Waals surface area contributed by atoms with Gasteiger partial charge in [-0.15, -0.1) is 11.8 Å². The Kier molecular flexibility index (Phi) is 5.03. The van der Waals surface area contributed by atoms with Gasteiger partial charge in [-0.3, -0.25) is 4.79 Å². The van der Waals surface area contributed by atoms with Crippen molar-refractivity contribution in [3.63, 3.8) is 0 Å². The number of benzene rings is 1. The van der Waals surface area contributed by atoms with Crippen LogP contribution in [-0.2, 0) is 16.0 Å². The molecule has 0 saturated heterocycles. The van der Waals surface area contributed by atoms with Crippen molar-refractivity contribution in [3.05, 3.63) is 29.3 Å². The van der Waals surface area contributed by atoms with E-state index in [2.05, 4.69) is 0 Å². The summed E-state index contributed by atoms with van der Waals surface area (Å²) in [5.41, 5.74) is 1.16. The minimum absolute atomic E-state index is 0.0424. The van der Waals surface area contributed by atoms with E-state index in [1.54, 1.807) is 25.1 Å². The van der Waals surface area contributed by atoms with Crippen LogP contribution < -0.4 is 0 Å². The number of thioether (sulfide) groups is 1. The molecular weight excluding hydrogens is 240 g/mol. The first kappa shape index (κ1) is 13.6. The van der Waals surface area contributed by atoms with Crippen molar-refractivity contribution >= 4 is 23.7 Å². The van der Waals surface area contributed by atoms with Gasteiger partial charge >= 0.3 is 11.9 Å². The normalized spacial score (nSPS) is 10.0. The van der Waals surface area contributed by atoms with Crippen LogP contribution in [0.5, 0.6) is 0 Å². The molecule has 0 heterocycles. The van der Waals surface area contributed by atoms with Crippen LogP contribution in [0, 0.1) is 0 Å². The molecule has 1 aromatic rings. The number of hydrogen-bond donors (Lipinski definition) is 1. The van der Waals surface area contributed by atoms with Crippen LogP contribution in [0.2, 0.25) is 0 Å². The van der Waals surface area contributed by atoms with E-state index in [4.69, 9.17) is 9.84 Å². The SMILES string of the molecule is CCOC(=O)c1ccc(CC(=O)O)c(SC)c1. The third-order valence-electron chi connectivity index (χ3n) is 2.14. The van der Waals surface area contributed by atoms with Crippen LogP contribution in [0.25, 0.3) is 0 Å². The number of ether oxygens (including phenoxy) is 1. The number of aliphatic carboxylic acids is 1. The molecule has 0 aromatic heterocycles. The van der Waals surface area contributed by atoms with Crippen LogP contribution in [0.1, 0.15) is 22.8 Å². The van der Waals surface area contributed by atoms with E-state index in [0.29, 0.717) is 17.7 Å². The fraction of sp³-hybridized carbons (Fsp3) is 0.333. The number of carboxylic acids is 1. The minimum Gasteiger partial charge on any atom is -0.481 e. The maximum atomic E-state index is 11.5. The first-order valence-corrected chi connectivity index (χ1v) is 6.36. The zero-order valence-electron chi connectivity index (χ0n) is 9.73. The Balaban J connectivity index is 2.99. The summed E-state index contributed by atoms with van der Waals surface area (Å²) in [6, 6.07) is 4.92. The highest BCUT2D eigenvalue weighted by atomic mass is 32.2. The lowest BCUT2D eigenvalue weighted by Gasteiger charge is -2.07. The molecule has 0 fully saturated rings. The van der Waals surface area contributed by atoms with E-state index in [1.807, 2.05) is 6.26 Å². The van der Waals surface area contributed by atoms with E-state index in [9.17, 15) is 9.59 Å². The first-order valence-electron chi connectivity index (χ1n) is 5.14. The zero-order chi connectivity index (χ0) is 12.8.